The number of rotatable bonds is 3. The molecule has 0 saturated carbocycles. The van der Waals surface area contributed by atoms with Gasteiger partial charge in [-0.25, -0.2) is 0 Å². The Labute approximate surface area is 135 Å². The van der Waals surface area contributed by atoms with Crippen molar-refractivity contribution in [2.45, 2.75) is 31.5 Å². The number of aliphatic imine (C=N–C) groups is 1. The van der Waals surface area contributed by atoms with E-state index in [1.807, 2.05) is 24.0 Å². The van der Waals surface area contributed by atoms with E-state index in [-0.39, 0.29) is 12.1 Å². The van der Waals surface area contributed by atoms with Crippen LogP contribution in [0.2, 0.25) is 0 Å². The van der Waals surface area contributed by atoms with E-state index >= 15 is 0 Å². The van der Waals surface area contributed by atoms with Crippen LogP contribution in [0.4, 0.5) is 0 Å². The third-order valence-electron chi connectivity index (χ3n) is 4.47. The molecule has 0 N–H and O–H groups in total. The number of amidine groups is 1. The largest absolute Gasteiger partial charge is 0.338 e. The first-order chi connectivity index (χ1) is 10.9. The van der Waals surface area contributed by atoms with Crippen molar-refractivity contribution in [3.8, 4) is 0 Å². The second-order valence-corrected chi connectivity index (χ2v) is 6.73. The molecule has 0 radical (unpaired) electrons. The van der Waals surface area contributed by atoms with Crippen molar-refractivity contribution in [2.75, 3.05) is 5.75 Å². The molecule has 1 fully saturated rings. The number of nitrogens with zero attached hydrogens (tertiary/aromatic N) is 3. The summed E-state index contributed by atoms with van der Waals surface area (Å²) in [5, 5.41) is 1.19. The highest BCUT2D eigenvalue weighted by Crippen LogP contribution is 2.48. The summed E-state index contributed by atoms with van der Waals surface area (Å²) >= 11 is 1.89. The second-order valence-electron chi connectivity index (χ2n) is 5.75. The van der Waals surface area contributed by atoms with Gasteiger partial charge in [0.2, 0.25) is 0 Å². The van der Waals surface area contributed by atoms with E-state index in [0.29, 0.717) is 6.04 Å². The van der Waals surface area contributed by atoms with Gasteiger partial charge in [0.1, 0.15) is 6.04 Å². The molecule has 0 bridgehead atoms. The predicted octanol–water partition coefficient (Wildman–Crippen LogP) is 4.06. The summed E-state index contributed by atoms with van der Waals surface area (Å²) in [6, 6.07) is 17.8. The Morgan fingerprint density at radius 3 is 2.68 bits per heavy atom. The first-order valence-corrected chi connectivity index (χ1v) is 8.82. The van der Waals surface area contributed by atoms with Crippen LogP contribution in [0.25, 0.3) is 0 Å². The summed E-state index contributed by atoms with van der Waals surface area (Å²) in [4.78, 5) is 12.1. The summed E-state index contributed by atoms with van der Waals surface area (Å²) in [6.45, 7) is 2.27. The number of aromatic nitrogens is 1. The Morgan fingerprint density at radius 1 is 1.14 bits per heavy atom. The number of thioether (sulfide) groups is 1. The van der Waals surface area contributed by atoms with Crippen LogP contribution < -0.4 is 0 Å². The zero-order valence-corrected chi connectivity index (χ0v) is 13.4. The molecule has 0 aliphatic carbocycles. The maximum atomic E-state index is 5.02. The Balaban J connectivity index is 1.79. The Bertz CT molecular complexity index is 671. The fraction of sp³-hybridized carbons (Fsp3) is 0.333. The molecular formula is C18H19N3S. The van der Waals surface area contributed by atoms with Gasteiger partial charge >= 0.3 is 0 Å². The summed E-state index contributed by atoms with van der Waals surface area (Å²) < 4.78 is 0. The van der Waals surface area contributed by atoms with E-state index in [0.717, 1.165) is 17.9 Å². The van der Waals surface area contributed by atoms with Crippen LogP contribution in [0.5, 0.6) is 0 Å². The number of fused-ring (bicyclic) bond motifs is 1. The maximum absolute atomic E-state index is 5.02. The molecule has 3 nitrogen and oxygen atoms in total. The van der Waals surface area contributed by atoms with Gasteiger partial charge in [-0.2, -0.15) is 0 Å². The van der Waals surface area contributed by atoms with Crippen molar-refractivity contribution in [1.82, 2.24) is 9.88 Å². The minimum Gasteiger partial charge on any atom is -0.338 e. The predicted molar refractivity (Wildman–Crippen MR) is 92.0 cm³/mol. The minimum atomic E-state index is 0.0976. The average Bonchev–Trinajstić information content (AvgIpc) is 3.15. The van der Waals surface area contributed by atoms with E-state index in [1.165, 1.54) is 10.7 Å². The molecule has 2 aliphatic rings. The first-order valence-electron chi connectivity index (χ1n) is 7.83. The zero-order valence-electron chi connectivity index (χ0n) is 12.6. The van der Waals surface area contributed by atoms with Gasteiger partial charge in [-0.15, -0.1) is 0 Å². The van der Waals surface area contributed by atoms with Crippen LogP contribution in [-0.4, -0.2) is 26.8 Å². The maximum Gasteiger partial charge on any atom is 0.160 e. The van der Waals surface area contributed by atoms with Crippen molar-refractivity contribution in [2.24, 2.45) is 4.99 Å². The molecular weight excluding hydrogens is 290 g/mol. The van der Waals surface area contributed by atoms with Gasteiger partial charge in [0, 0.05) is 18.0 Å². The van der Waals surface area contributed by atoms with Crippen molar-refractivity contribution in [3.05, 3.63) is 66.0 Å². The van der Waals surface area contributed by atoms with Gasteiger partial charge in [0.25, 0.3) is 0 Å². The molecule has 2 aliphatic heterocycles. The van der Waals surface area contributed by atoms with E-state index in [2.05, 4.69) is 59.3 Å². The Morgan fingerprint density at radius 2 is 1.95 bits per heavy atom. The molecule has 1 aromatic heterocycles. The van der Waals surface area contributed by atoms with Crippen LogP contribution in [0.3, 0.4) is 0 Å². The van der Waals surface area contributed by atoms with Crippen LogP contribution in [0, 0.1) is 0 Å². The highest BCUT2D eigenvalue weighted by atomic mass is 32.2. The van der Waals surface area contributed by atoms with Gasteiger partial charge in [-0.05, 0) is 24.1 Å². The number of hydrogen-bond acceptors (Lipinski definition) is 4. The lowest BCUT2D eigenvalue weighted by molar-refractivity contribution is 0.255. The highest BCUT2D eigenvalue weighted by Gasteiger charge is 2.45. The van der Waals surface area contributed by atoms with Gasteiger partial charge in [0.15, 0.2) is 5.17 Å². The van der Waals surface area contributed by atoms with E-state index < -0.39 is 0 Å². The highest BCUT2D eigenvalue weighted by molar-refractivity contribution is 8.14. The quantitative estimate of drug-likeness (QED) is 0.856. The standard InChI is InChI=1S/C18H19N3S/c1-2-14-12-22-18-20-16(15-10-6-7-11-19-15)17(21(14)18)13-8-4-3-5-9-13/h3-11,14,16-17H,2,12H2,1H3/t14-,16-,17+/m1/s1. The van der Waals surface area contributed by atoms with Gasteiger partial charge < -0.3 is 4.90 Å². The third-order valence-corrected chi connectivity index (χ3v) is 5.60. The normalized spacial score (nSPS) is 26.9. The molecule has 112 valence electrons. The summed E-state index contributed by atoms with van der Waals surface area (Å²) in [5.41, 5.74) is 2.39. The molecule has 1 saturated heterocycles. The fourth-order valence-electron chi connectivity index (χ4n) is 3.36. The number of pyridine rings is 1. The Hall–Kier alpha value is -1.81. The summed E-state index contributed by atoms with van der Waals surface area (Å²) in [6.07, 6.45) is 3.02. The van der Waals surface area contributed by atoms with Crippen molar-refractivity contribution in [3.63, 3.8) is 0 Å². The van der Waals surface area contributed by atoms with Crippen LogP contribution in [-0.2, 0) is 0 Å². The van der Waals surface area contributed by atoms with Crippen molar-refractivity contribution >= 4 is 16.9 Å². The van der Waals surface area contributed by atoms with Crippen LogP contribution in [0.1, 0.15) is 36.7 Å². The lowest BCUT2D eigenvalue weighted by atomic mass is 9.95. The summed E-state index contributed by atoms with van der Waals surface area (Å²) in [5.74, 6) is 1.15. The third kappa shape index (κ3) is 2.22. The zero-order chi connectivity index (χ0) is 14.9. The molecule has 2 aromatic rings. The van der Waals surface area contributed by atoms with E-state index in [4.69, 9.17) is 4.99 Å². The molecule has 4 heteroatoms. The van der Waals surface area contributed by atoms with Gasteiger partial charge in [-0.3, -0.25) is 9.98 Å². The molecule has 0 unspecified atom stereocenters. The smallest absolute Gasteiger partial charge is 0.160 e. The molecule has 3 heterocycles. The molecule has 3 atom stereocenters. The van der Waals surface area contributed by atoms with E-state index in [1.54, 1.807) is 0 Å². The fourth-order valence-corrected chi connectivity index (χ4v) is 4.70. The average molecular weight is 309 g/mol. The minimum absolute atomic E-state index is 0.0976. The first kappa shape index (κ1) is 13.8. The topological polar surface area (TPSA) is 28.5 Å². The molecule has 0 spiro atoms. The van der Waals surface area contributed by atoms with Gasteiger partial charge in [-0.1, -0.05) is 55.1 Å². The lowest BCUT2D eigenvalue weighted by Crippen LogP contribution is -2.35. The SMILES string of the molecule is CC[C@@H]1CSC2=N[C@H](c3ccccn3)[C@H](c3ccccc3)N21. The number of hydrogen-bond donors (Lipinski definition) is 0. The number of benzene rings is 1. The monoisotopic (exact) mass is 309 g/mol. The molecule has 1 aromatic carbocycles. The van der Waals surface area contributed by atoms with Crippen molar-refractivity contribution in [1.29, 1.82) is 0 Å². The van der Waals surface area contributed by atoms with E-state index in [9.17, 15) is 0 Å². The van der Waals surface area contributed by atoms with Gasteiger partial charge in [0.05, 0.1) is 11.7 Å². The molecule has 0 amide bonds. The Kier molecular flexibility index (Phi) is 3.62. The summed E-state index contributed by atoms with van der Waals surface area (Å²) in [7, 11) is 0. The van der Waals surface area contributed by atoms with Crippen LogP contribution in [0.15, 0.2) is 59.7 Å². The van der Waals surface area contributed by atoms with Crippen molar-refractivity contribution < 1.29 is 0 Å². The lowest BCUT2D eigenvalue weighted by Gasteiger charge is -2.31. The molecule has 4 rings (SSSR count). The second kappa shape index (κ2) is 5.76. The molecule has 22 heavy (non-hydrogen) atoms. The van der Waals surface area contributed by atoms with Crippen LogP contribution >= 0.6 is 11.8 Å².